The number of nitrogens with one attached hydrogen (secondary N) is 2. The van der Waals surface area contributed by atoms with Crippen LogP contribution in [0, 0.1) is 0 Å². The standard InChI is InChI=1S/C17H28N4O2/c1-17(2,3)23-16(22)20-15-6-4-5-14(15)19-10-13-9-18-11-21(13)12-7-8-12/h9,11-12,14-15,19H,4-8,10H2,1-3H3,(H,20,22). The summed E-state index contributed by atoms with van der Waals surface area (Å²) in [6.45, 7) is 6.45. The van der Waals surface area contributed by atoms with E-state index in [-0.39, 0.29) is 12.1 Å². The minimum atomic E-state index is -0.456. The summed E-state index contributed by atoms with van der Waals surface area (Å²) in [5, 5.41) is 6.61. The van der Waals surface area contributed by atoms with Crippen LogP contribution in [0.3, 0.4) is 0 Å². The topological polar surface area (TPSA) is 68.2 Å². The van der Waals surface area contributed by atoms with Gasteiger partial charge in [0.25, 0.3) is 0 Å². The minimum Gasteiger partial charge on any atom is -0.444 e. The van der Waals surface area contributed by atoms with E-state index in [4.69, 9.17) is 4.74 Å². The lowest BCUT2D eigenvalue weighted by Gasteiger charge is -2.25. The van der Waals surface area contributed by atoms with Gasteiger partial charge in [-0.2, -0.15) is 0 Å². The molecule has 1 amide bonds. The van der Waals surface area contributed by atoms with Gasteiger partial charge in [-0.25, -0.2) is 9.78 Å². The van der Waals surface area contributed by atoms with Crippen LogP contribution in [0.2, 0.25) is 0 Å². The molecular weight excluding hydrogens is 292 g/mol. The molecule has 1 heterocycles. The Hall–Kier alpha value is -1.56. The Balaban J connectivity index is 1.50. The monoisotopic (exact) mass is 320 g/mol. The zero-order chi connectivity index (χ0) is 16.4. The molecular formula is C17H28N4O2. The number of aromatic nitrogens is 2. The van der Waals surface area contributed by atoms with Gasteiger partial charge in [0.2, 0.25) is 0 Å². The van der Waals surface area contributed by atoms with Crippen LogP contribution in [0.5, 0.6) is 0 Å². The Morgan fingerprint density at radius 3 is 2.74 bits per heavy atom. The number of carbonyl (C=O) groups excluding carboxylic acids is 1. The third-order valence-electron chi connectivity index (χ3n) is 4.45. The van der Waals surface area contributed by atoms with Crippen LogP contribution < -0.4 is 10.6 Å². The molecule has 3 rings (SSSR count). The van der Waals surface area contributed by atoms with Crippen LogP contribution in [-0.4, -0.2) is 33.3 Å². The number of hydrogen-bond donors (Lipinski definition) is 2. The molecule has 0 aromatic carbocycles. The molecule has 2 atom stereocenters. The second kappa shape index (κ2) is 6.51. The number of imidazole rings is 1. The number of amides is 1. The van der Waals surface area contributed by atoms with Gasteiger partial charge in [-0.15, -0.1) is 0 Å². The molecule has 0 saturated heterocycles. The molecule has 2 saturated carbocycles. The van der Waals surface area contributed by atoms with E-state index in [1.807, 2.05) is 33.3 Å². The first-order chi connectivity index (χ1) is 10.9. The van der Waals surface area contributed by atoms with Crippen molar-refractivity contribution in [1.29, 1.82) is 0 Å². The summed E-state index contributed by atoms with van der Waals surface area (Å²) in [5.41, 5.74) is 0.776. The first-order valence-electron chi connectivity index (χ1n) is 8.66. The highest BCUT2D eigenvalue weighted by Gasteiger charge is 2.30. The van der Waals surface area contributed by atoms with Crippen LogP contribution in [0.15, 0.2) is 12.5 Å². The van der Waals surface area contributed by atoms with E-state index in [9.17, 15) is 4.79 Å². The summed E-state index contributed by atoms with van der Waals surface area (Å²) >= 11 is 0. The molecule has 6 heteroatoms. The fourth-order valence-electron chi connectivity index (χ4n) is 3.22. The SMILES string of the molecule is CC(C)(C)OC(=O)NC1CCCC1NCc1cncn1C1CC1. The number of carbonyl (C=O) groups is 1. The van der Waals surface area contributed by atoms with Gasteiger partial charge in [-0.1, -0.05) is 0 Å². The highest BCUT2D eigenvalue weighted by atomic mass is 16.6. The van der Waals surface area contributed by atoms with E-state index in [0.717, 1.165) is 25.8 Å². The van der Waals surface area contributed by atoms with Gasteiger partial charge in [0.15, 0.2) is 0 Å². The molecule has 2 N–H and O–H groups in total. The first kappa shape index (κ1) is 16.3. The second-order valence-electron chi connectivity index (χ2n) is 7.69. The summed E-state index contributed by atoms with van der Waals surface area (Å²) < 4.78 is 7.64. The van der Waals surface area contributed by atoms with E-state index >= 15 is 0 Å². The van der Waals surface area contributed by atoms with Crippen molar-refractivity contribution in [2.24, 2.45) is 0 Å². The average Bonchev–Trinajstić information content (AvgIpc) is 3.02. The normalized spacial score (nSPS) is 24.7. The third kappa shape index (κ3) is 4.47. The maximum Gasteiger partial charge on any atom is 0.407 e. The van der Waals surface area contributed by atoms with Gasteiger partial charge < -0.3 is 19.9 Å². The van der Waals surface area contributed by atoms with Gasteiger partial charge in [0.05, 0.1) is 12.0 Å². The summed E-state index contributed by atoms with van der Waals surface area (Å²) in [7, 11) is 0. The van der Waals surface area contributed by atoms with Crippen LogP contribution in [0.1, 0.15) is 64.6 Å². The fourth-order valence-corrected chi connectivity index (χ4v) is 3.22. The highest BCUT2D eigenvalue weighted by Crippen LogP contribution is 2.35. The fraction of sp³-hybridized carbons (Fsp3) is 0.765. The molecule has 0 aliphatic heterocycles. The molecule has 128 valence electrons. The molecule has 2 aliphatic rings. The van der Waals surface area contributed by atoms with Crippen molar-refractivity contribution in [3.8, 4) is 0 Å². The Kier molecular flexibility index (Phi) is 4.62. The molecule has 1 aromatic rings. The summed E-state index contributed by atoms with van der Waals surface area (Å²) in [4.78, 5) is 16.2. The molecule has 2 aliphatic carbocycles. The quantitative estimate of drug-likeness (QED) is 0.875. The molecule has 1 aromatic heterocycles. The van der Waals surface area contributed by atoms with Gasteiger partial charge in [-0.05, 0) is 52.9 Å². The molecule has 0 radical (unpaired) electrons. The number of rotatable bonds is 5. The van der Waals surface area contributed by atoms with Crippen LogP contribution in [0.4, 0.5) is 4.79 Å². The van der Waals surface area contributed by atoms with Gasteiger partial charge in [-0.3, -0.25) is 0 Å². The zero-order valence-corrected chi connectivity index (χ0v) is 14.3. The van der Waals surface area contributed by atoms with E-state index in [1.165, 1.54) is 18.5 Å². The Bertz CT molecular complexity index is 545. The Morgan fingerprint density at radius 1 is 1.30 bits per heavy atom. The second-order valence-corrected chi connectivity index (χ2v) is 7.69. The van der Waals surface area contributed by atoms with Gasteiger partial charge in [0.1, 0.15) is 5.60 Å². The number of nitrogens with zero attached hydrogens (tertiary/aromatic N) is 2. The minimum absolute atomic E-state index is 0.141. The summed E-state index contributed by atoms with van der Waals surface area (Å²) in [6.07, 6.45) is 9.28. The highest BCUT2D eigenvalue weighted by molar-refractivity contribution is 5.68. The molecule has 2 fully saturated rings. The Labute approximate surface area is 138 Å². The van der Waals surface area contributed by atoms with Crippen LogP contribution >= 0.6 is 0 Å². The van der Waals surface area contributed by atoms with Gasteiger partial charge in [0, 0.05) is 30.9 Å². The molecule has 2 unspecified atom stereocenters. The van der Waals surface area contributed by atoms with Crippen molar-refractivity contribution in [2.75, 3.05) is 0 Å². The lowest BCUT2D eigenvalue weighted by molar-refractivity contribution is 0.0498. The van der Waals surface area contributed by atoms with Crippen molar-refractivity contribution < 1.29 is 9.53 Å². The zero-order valence-electron chi connectivity index (χ0n) is 14.3. The van der Waals surface area contributed by atoms with Crippen molar-refractivity contribution in [3.63, 3.8) is 0 Å². The maximum absolute atomic E-state index is 12.0. The maximum atomic E-state index is 12.0. The Morgan fingerprint density at radius 2 is 2.04 bits per heavy atom. The van der Waals surface area contributed by atoms with E-state index in [1.54, 1.807) is 0 Å². The average molecular weight is 320 g/mol. The third-order valence-corrected chi connectivity index (χ3v) is 4.45. The smallest absolute Gasteiger partial charge is 0.407 e. The lowest BCUT2D eigenvalue weighted by atomic mass is 10.1. The predicted octanol–water partition coefficient (Wildman–Crippen LogP) is 2.75. The predicted molar refractivity (Wildman–Crippen MR) is 88.1 cm³/mol. The molecule has 23 heavy (non-hydrogen) atoms. The first-order valence-corrected chi connectivity index (χ1v) is 8.66. The van der Waals surface area contributed by atoms with E-state index in [2.05, 4.69) is 20.2 Å². The van der Waals surface area contributed by atoms with Crippen molar-refractivity contribution in [3.05, 3.63) is 18.2 Å². The van der Waals surface area contributed by atoms with E-state index in [0.29, 0.717) is 12.1 Å². The number of ether oxygens (including phenoxy) is 1. The molecule has 0 bridgehead atoms. The molecule has 0 spiro atoms. The summed E-state index contributed by atoms with van der Waals surface area (Å²) in [5.74, 6) is 0. The number of alkyl carbamates (subject to hydrolysis) is 1. The number of hydrogen-bond acceptors (Lipinski definition) is 4. The summed E-state index contributed by atoms with van der Waals surface area (Å²) in [6, 6.07) is 1.08. The molecule has 6 nitrogen and oxygen atoms in total. The van der Waals surface area contributed by atoms with Crippen molar-refractivity contribution >= 4 is 6.09 Å². The van der Waals surface area contributed by atoms with E-state index < -0.39 is 5.60 Å². The van der Waals surface area contributed by atoms with Gasteiger partial charge >= 0.3 is 6.09 Å². The largest absolute Gasteiger partial charge is 0.444 e. The lowest BCUT2D eigenvalue weighted by Crippen LogP contribution is -2.47. The van der Waals surface area contributed by atoms with Crippen molar-refractivity contribution in [1.82, 2.24) is 20.2 Å². The van der Waals surface area contributed by atoms with Crippen molar-refractivity contribution in [2.45, 2.75) is 83.1 Å². The van der Waals surface area contributed by atoms with Crippen LogP contribution in [0.25, 0.3) is 0 Å². The van der Waals surface area contributed by atoms with Crippen LogP contribution in [-0.2, 0) is 11.3 Å².